The topological polar surface area (TPSA) is 63.3 Å². The van der Waals surface area contributed by atoms with Crippen molar-refractivity contribution in [2.75, 3.05) is 0 Å². The highest BCUT2D eigenvalue weighted by atomic mass is 32.2. The molecule has 0 saturated heterocycles. The second kappa shape index (κ2) is 6.67. The van der Waals surface area contributed by atoms with E-state index in [2.05, 4.69) is 13.8 Å². The number of nitrogens with two attached hydrogens (primary N) is 1. The molecule has 0 aromatic heterocycles. The first-order valence-electron chi connectivity index (χ1n) is 5.73. The number of thioether (sulfide) groups is 1. The minimum Gasteiger partial charge on any atom is -0.481 e. The van der Waals surface area contributed by atoms with Gasteiger partial charge in [0.2, 0.25) is 0 Å². The Hall–Kier alpha value is -1.00. The van der Waals surface area contributed by atoms with Crippen molar-refractivity contribution >= 4 is 17.7 Å². The molecular formula is C13H19NO2S. The molecule has 0 radical (unpaired) electrons. The Balaban J connectivity index is 2.57. The van der Waals surface area contributed by atoms with Crippen LogP contribution in [-0.4, -0.2) is 16.3 Å². The number of carboxylic acids is 1. The fourth-order valence-corrected chi connectivity index (χ4v) is 2.35. The third kappa shape index (κ3) is 5.24. The highest BCUT2D eigenvalue weighted by molar-refractivity contribution is 7.99. The molecule has 3 nitrogen and oxygen atoms in total. The van der Waals surface area contributed by atoms with Crippen LogP contribution in [0.15, 0.2) is 29.2 Å². The van der Waals surface area contributed by atoms with E-state index in [1.807, 2.05) is 24.3 Å². The molecule has 0 aliphatic heterocycles. The lowest BCUT2D eigenvalue weighted by Gasteiger charge is -2.12. The minimum absolute atomic E-state index is 0.115. The van der Waals surface area contributed by atoms with Gasteiger partial charge in [0.15, 0.2) is 0 Å². The van der Waals surface area contributed by atoms with E-state index in [9.17, 15) is 4.79 Å². The van der Waals surface area contributed by atoms with Gasteiger partial charge in [0, 0.05) is 22.6 Å². The van der Waals surface area contributed by atoms with E-state index >= 15 is 0 Å². The number of hydrogen-bond donors (Lipinski definition) is 2. The molecule has 0 spiro atoms. The Bertz CT molecular complexity index is 362. The number of rotatable bonds is 6. The molecule has 0 amide bonds. The maximum absolute atomic E-state index is 10.5. The van der Waals surface area contributed by atoms with E-state index in [1.54, 1.807) is 11.8 Å². The van der Waals surface area contributed by atoms with Gasteiger partial charge in [-0.3, -0.25) is 4.79 Å². The van der Waals surface area contributed by atoms with Crippen molar-refractivity contribution in [3.05, 3.63) is 29.8 Å². The van der Waals surface area contributed by atoms with Gasteiger partial charge in [-0.15, -0.1) is 11.8 Å². The first-order chi connectivity index (χ1) is 7.99. The van der Waals surface area contributed by atoms with Crippen molar-refractivity contribution in [2.24, 2.45) is 5.73 Å². The molecule has 0 heterocycles. The lowest BCUT2D eigenvalue weighted by molar-refractivity contribution is -0.137. The van der Waals surface area contributed by atoms with E-state index in [0.717, 1.165) is 5.56 Å². The van der Waals surface area contributed by atoms with Crippen LogP contribution in [0.5, 0.6) is 0 Å². The van der Waals surface area contributed by atoms with Crippen molar-refractivity contribution in [1.29, 1.82) is 0 Å². The molecule has 0 bridgehead atoms. The Morgan fingerprint density at radius 2 is 1.94 bits per heavy atom. The van der Waals surface area contributed by atoms with Crippen LogP contribution < -0.4 is 5.73 Å². The molecule has 1 atom stereocenters. The molecule has 1 rings (SSSR count). The van der Waals surface area contributed by atoms with Crippen LogP contribution in [0.3, 0.4) is 0 Å². The zero-order chi connectivity index (χ0) is 12.8. The van der Waals surface area contributed by atoms with Gasteiger partial charge in [0.05, 0.1) is 0 Å². The molecule has 1 aromatic carbocycles. The quantitative estimate of drug-likeness (QED) is 0.765. The van der Waals surface area contributed by atoms with Gasteiger partial charge in [0.1, 0.15) is 0 Å². The molecule has 0 saturated carbocycles. The maximum atomic E-state index is 10.5. The highest BCUT2D eigenvalue weighted by Crippen LogP contribution is 2.25. The van der Waals surface area contributed by atoms with Crippen molar-refractivity contribution < 1.29 is 9.90 Å². The molecule has 17 heavy (non-hydrogen) atoms. The van der Waals surface area contributed by atoms with Crippen molar-refractivity contribution in [1.82, 2.24) is 0 Å². The molecule has 1 aromatic rings. The van der Waals surface area contributed by atoms with Gasteiger partial charge in [0.25, 0.3) is 0 Å². The summed E-state index contributed by atoms with van der Waals surface area (Å²) >= 11 is 1.80. The van der Waals surface area contributed by atoms with E-state index < -0.39 is 5.97 Å². The number of aliphatic carboxylic acids is 1. The Kier molecular flexibility index (Phi) is 5.51. The van der Waals surface area contributed by atoms with E-state index in [4.69, 9.17) is 10.8 Å². The van der Waals surface area contributed by atoms with Crippen molar-refractivity contribution in [3.63, 3.8) is 0 Å². The summed E-state index contributed by atoms with van der Waals surface area (Å²) in [6, 6.07) is 7.86. The van der Waals surface area contributed by atoms with Crippen LogP contribution in [0.1, 0.15) is 38.3 Å². The summed E-state index contributed by atoms with van der Waals surface area (Å²) < 4.78 is 0. The largest absolute Gasteiger partial charge is 0.481 e. The van der Waals surface area contributed by atoms with Gasteiger partial charge in [-0.2, -0.15) is 0 Å². The zero-order valence-electron chi connectivity index (χ0n) is 10.2. The normalized spacial score (nSPS) is 12.7. The molecule has 4 heteroatoms. The predicted molar refractivity (Wildman–Crippen MR) is 71.2 cm³/mol. The fraction of sp³-hybridized carbons (Fsp3) is 0.462. The van der Waals surface area contributed by atoms with E-state index in [0.29, 0.717) is 11.7 Å². The molecular weight excluding hydrogens is 234 g/mol. The monoisotopic (exact) mass is 253 g/mol. The third-order valence-electron chi connectivity index (χ3n) is 2.35. The summed E-state index contributed by atoms with van der Waals surface area (Å²) in [7, 11) is 0. The molecule has 3 N–H and O–H groups in total. The fourth-order valence-electron chi connectivity index (χ4n) is 1.51. The smallest absolute Gasteiger partial charge is 0.303 e. The summed E-state index contributed by atoms with van der Waals surface area (Å²) in [5, 5.41) is 9.15. The number of benzene rings is 1. The van der Waals surface area contributed by atoms with Crippen LogP contribution >= 0.6 is 11.8 Å². The van der Waals surface area contributed by atoms with Gasteiger partial charge in [-0.1, -0.05) is 26.0 Å². The molecule has 0 aliphatic carbocycles. The lowest BCUT2D eigenvalue weighted by atomic mass is 10.0. The first-order valence-corrected chi connectivity index (χ1v) is 6.61. The van der Waals surface area contributed by atoms with Crippen LogP contribution in [0.4, 0.5) is 0 Å². The lowest BCUT2D eigenvalue weighted by Crippen LogP contribution is -2.12. The summed E-state index contributed by atoms with van der Waals surface area (Å²) in [5.74, 6) is -0.799. The Morgan fingerprint density at radius 3 is 2.41 bits per heavy atom. The maximum Gasteiger partial charge on any atom is 0.303 e. The summed E-state index contributed by atoms with van der Waals surface area (Å²) in [6.07, 6.45) is 0.593. The van der Waals surface area contributed by atoms with Crippen LogP contribution in [-0.2, 0) is 4.79 Å². The van der Waals surface area contributed by atoms with Gasteiger partial charge in [-0.05, 0) is 24.1 Å². The van der Waals surface area contributed by atoms with Gasteiger partial charge in [-0.25, -0.2) is 0 Å². The van der Waals surface area contributed by atoms with E-state index in [-0.39, 0.29) is 12.5 Å². The average Bonchev–Trinajstić information content (AvgIpc) is 2.26. The molecule has 1 unspecified atom stereocenters. The predicted octanol–water partition coefficient (Wildman–Crippen LogP) is 3.05. The first kappa shape index (κ1) is 14.1. The summed E-state index contributed by atoms with van der Waals surface area (Å²) in [6.45, 7) is 4.30. The van der Waals surface area contributed by atoms with Gasteiger partial charge < -0.3 is 10.8 Å². The van der Waals surface area contributed by atoms with Crippen LogP contribution in [0, 0.1) is 0 Å². The molecule has 0 fully saturated rings. The van der Waals surface area contributed by atoms with Crippen molar-refractivity contribution in [2.45, 2.75) is 42.9 Å². The zero-order valence-corrected chi connectivity index (χ0v) is 11.0. The SMILES string of the molecule is CC(C)Sc1ccc(C(N)CCC(=O)O)cc1. The van der Waals surface area contributed by atoms with Crippen LogP contribution in [0.25, 0.3) is 0 Å². The molecule has 0 aliphatic rings. The van der Waals surface area contributed by atoms with Gasteiger partial charge >= 0.3 is 5.97 Å². The third-order valence-corrected chi connectivity index (χ3v) is 3.36. The average molecular weight is 253 g/mol. The second-order valence-electron chi connectivity index (χ2n) is 4.27. The summed E-state index contributed by atoms with van der Waals surface area (Å²) in [5.41, 5.74) is 6.92. The Labute approximate surface area is 106 Å². The second-order valence-corrected chi connectivity index (χ2v) is 5.92. The Morgan fingerprint density at radius 1 is 1.35 bits per heavy atom. The molecule has 94 valence electrons. The van der Waals surface area contributed by atoms with Crippen LogP contribution in [0.2, 0.25) is 0 Å². The number of carbonyl (C=O) groups is 1. The standard InChI is InChI=1S/C13H19NO2S/c1-9(2)17-11-5-3-10(4-6-11)12(14)7-8-13(15)16/h3-6,9,12H,7-8,14H2,1-2H3,(H,15,16). The van der Waals surface area contributed by atoms with Crippen molar-refractivity contribution in [3.8, 4) is 0 Å². The summed E-state index contributed by atoms with van der Waals surface area (Å²) in [4.78, 5) is 11.7. The minimum atomic E-state index is -0.799. The van der Waals surface area contributed by atoms with E-state index in [1.165, 1.54) is 4.90 Å². The number of hydrogen-bond acceptors (Lipinski definition) is 3. The highest BCUT2D eigenvalue weighted by Gasteiger charge is 2.08. The number of carboxylic acid groups (broad SMARTS) is 1.